The van der Waals surface area contributed by atoms with Crippen LogP contribution in [0.1, 0.15) is 18.7 Å². The second kappa shape index (κ2) is 7.58. The van der Waals surface area contributed by atoms with Gasteiger partial charge in [0.25, 0.3) is 0 Å². The second-order valence-electron chi connectivity index (χ2n) is 6.11. The third-order valence-electron chi connectivity index (χ3n) is 4.16. The van der Waals surface area contributed by atoms with Gasteiger partial charge in [0.05, 0.1) is 16.7 Å². The standard InChI is InChI=1S/C19H18N4O2S2/c1-12(15-10-13-6-3-4-7-14(13)25-15)20-17(24)11-27-19-22-21-18(23(19)2)16-8-5-9-26-16/h3-10,12H,11H2,1-2H3,(H,20,24). The molecule has 0 aliphatic rings. The number of rotatable bonds is 6. The van der Waals surface area contributed by atoms with E-state index in [2.05, 4.69) is 15.5 Å². The van der Waals surface area contributed by atoms with Gasteiger partial charge in [-0.1, -0.05) is 36.0 Å². The Labute approximate surface area is 164 Å². The van der Waals surface area contributed by atoms with Gasteiger partial charge >= 0.3 is 0 Å². The minimum absolute atomic E-state index is 0.0753. The summed E-state index contributed by atoms with van der Waals surface area (Å²) in [5, 5.41) is 15.1. The summed E-state index contributed by atoms with van der Waals surface area (Å²) in [7, 11) is 1.91. The van der Waals surface area contributed by atoms with Gasteiger partial charge in [-0.25, -0.2) is 0 Å². The van der Waals surface area contributed by atoms with E-state index in [4.69, 9.17) is 4.42 Å². The molecule has 6 nitrogen and oxygen atoms in total. The number of fused-ring (bicyclic) bond motifs is 1. The maximum atomic E-state index is 12.3. The smallest absolute Gasteiger partial charge is 0.231 e. The molecule has 3 aromatic heterocycles. The Morgan fingerprint density at radius 1 is 1.30 bits per heavy atom. The van der Waals surface area contributed by atoms with E-state index in [0.717, 1.165) is 27.4 Å². The molecule has 27 heavy (non-hydrogen) atoms. The predicted octanol–water partition coefficient (Wildman–Crippen LogP) is 4.26. The molecule has 1 amide bonds. The highest BCUT2D eigenvalue weighted by Gasteiger charge is 2.16. The first-order chi connectivity index (χ1) is 13.1. The highest BCUT2D eigenvalue weighted by molar-refractivity contribution is 7.99. The van der Waals surface area contributed by atoms with Crippen LogP contribution in [0.25, 0.3) is 21.7 Å². The lowest BCUT2D eigenvalue weighted by molar-refractivity contribution is -0.119. The number of aromatic nitrogens is 3. The average molecular weight is 399 g/mol. The summed E-state index contributed by atoms with van der Waals surface area (Å²) in [4.78, 5) is 13.4. The molecule has 0 aliphatic carbocycles. The number of nitrogens with zero attached hydrogens (tertiary/aromatic N) is 3. The molecule has 138 valence electrons. The van der Waals surface area contributed by atoms with Crippen LogP contribution in [0.4, 0.5) is 0 Å². The van der Waals surface area contributed by atoms with Crippen molar-refractivity contribution in [1.82, 2.24) is 20.1 Å². The fourth-order valence-electron chi connectivity index (χ4n) is 2.76. The summed E-state index contributed by atoms with van der Waals surface area (Å²) in [5.74, 6) is 1.74. The van der Waals surface area contributed by atoms with Crippen molar-refractivity contribution in [3.8, 4) is 10.7 Å². The van der Waals surface area contributed by atoms with E-state index >= 15 is 0 Å². The summed E-state index contributed by atoms with van der Waals surface area (Å²) in [6.45, 7) is 1.91. The first kappa shape index (κ1) is 17.8. The number of thioether (sulfide) groups is 1. The van der Waals surface area contributed by atoms with E-state index in [-0.39, 0.29) is 17.7 Å². The van der Waals surface area contributed by atoms with Crippen LogP contribution < -0.4 is 5.32 Å². The van der Waals surface area contributed by atoms with Crippen molar-refractivity contribution in [2.45, 2.75) is 18.1 Å². The molecule has 4 rings (SSSR count). The summed E-state index contributed by atoms with van der Waals surface area (Å²) < 4.78 is 7.72. The normalized spacial score (nSPS) is 12.4. The molecule has 0 saturated carbocycles. The molecule has 0 fully saturated rings. The van der Waals surface area contributed by atoms with Crippen LogP contribution in [-0.2, 0) is 11.8 Å². The number of furan rings is 1. The van der Waals surface area contributed by atoms with Gasteiger partial charge in [0, 0.05) is 12.4 Å². The Morgan fingerprint density at radius 3 is 2.93 bits per heavy atom. The van der Waals surface area contributed by atoms with E-state index in [0.29, 0.717) is 5.16 Å². The highest BCUT2D eigenvalue weighted by atomic mass is 32.2. The van der Waals surface area contributed by atoms with Gasteiger partial charge in [0.2, 0.25) is 5.91 Å². The zero-order chi connectivity index (χ0) is 18.8. The Balaban J connectivity index is 1.37. The maximum absolute atomic E-state index is 12.3. The number of nitrogens with one attached hydrogen (secondary N) is 1. The fraction of sp³-hybridized carbons (Fsp3) is 0.211. The Morgan fingerprint density at radius 2 is 2.15 bits per heavy atom. The predicted molar refractivity (Wildman–Crippen MR) is 108 cm³/mol. The van der Waals surface area contributed by atoms with Crippen molar-refractivity contribution in [3.05, 3.63) is 53.6 Å². The zero-order valence-corrected chi connectivity index (χ0v) is 16.5. The van der Waals surface area contributed by atoms with Crippen LogP contribution >= 0.6 is 23.1 Å². The van der Waals surface area contributed by atoms with E-state index in [1.165, 1.54) is 11.8 Å². The fourth-order valence-corrected chi connectivity index (χ4v) is 4.23. The third-order valence-corrected chi connectivity index (χ3v) is 6.04. The molecule has 1 atom stereocenters. The topological polar surface area (TPSA) is 73.0 Å². The van der Waals surface area contributed by atoms with E-state index in [9.17, 15) is 4.79 Å². The van der Waals surface area contributed by atoms with Gasteiger partial charge in [-0.2, -0.15) is 0 Å². The molecule has 0 bridgehead atoms. The first-order valence-corrected chi connectivity index (χ1v) is 10.3. The Bertz CT molecular complexity index is 1040. The third kappa shape index (κ3) is 3.77. The van der Waals surface area contributed by atoms with Gasteiger partial charge in [-0.15, -0.1) is 21.5 Å². The van der Waals surface area contributed by atoms with Crippen molar-refractivity contribution >= 4 is 40.0 Å². The number of benzene rings is 1. The lowest BCUT2D eigenvalue weighted by Crippen LogP contribution is -2.28. The average Bonchev–Trinajstić information content (AvgIpc) is 3.39. The summed E-state index contributed by atoms with van der Waals surface area (Å²) in [6, 6.07) is 13.6. The maximum Gasteiger partial charge on any atom is 0.231 e. The number of carbonyl (C=O) groups is 1. The van der Waals surface area contributed by atoms with Gasteiger partial charge in [0.1, 0.15) is 11.3 Å². The van der Waals surface area contributed by atoms with Crippen LogP contribution in [0.3, 0.4) is 0 Å². The molecule has 0 radical (unpaired) electrons. The Kier molecular flexibility index (Phi) is 5.00. The zero-order valence-electron chi connectivity index (χ0n) is 14.9. The molecule has 3 heterocycles. The van der Waals surface area contributed by atoms with Crippen molar-refractivity contribution in [3.63, 3.8) is 0 Å². The molecule has 4 aromatic rings. The van der Waals surface area contributed by atoms with Crippen molar-refractivity contribution in [2.75, 3.05) is 5.75 Å². The molecular weight excluding hydrogens is 380 g/mol. The van der Waals surface area contributed by atoms with E-state index < -0.39 is 0 Å². The number of para-hydroxylation sites is 1. The minimum Gasteiger partial charge on any atom is -0.459 e. The van der Waals surface area contributed by atoms with Crippen LogP contribution in [0.2, 0.25) is 0 Å². The van der Waals surface area contributed by atoms with Crippen LogP contribution in [0.15, 0.2) is 57.4 Å². The van der Waals surface area contributed by atoms with Gasteiger partial charge < -0.3 is 14.3 Å². The van der Waals surface area contributed by atoms with Gasteiger partial charge in [0.15, 0.2) is 11.0 Å². The first-order valence-electron chi connectivity index (χ1n) is 8.45. The molecule has 0 saturated heterocycles. The van der Waals surface area contributed by atoms with Gasteiger partial charge in [-0.3, -0.25) is 4.79 Å². The second-order valence-corrected chi connectivity index (χ2v) is 8.00. The largest absolute Gasteiger partial charge is 0.459 e. The van der Waals surface area contributed by atoms with E-state index in [1.807, 2.05) is 66.4 Å². The SMILES string of the molecule is CC(NC(=O)CSc1nnc(-c2cccs2)n1C)c1cc2ccccc2o1. The molecule has 0 aliphatic heterocycles. The molecular formula is C19H18N4O2S2. The summed E-state index contributed by atoms with van der Waals surface area (Å²) in [5.41, 5.74) is 0.822. The molecule has 1 aromatic carbocycles. The highest BCUT2D eigenvalue weighted by Crippen LogP contribution is 2.26. The van der Waals surface area contributed by atoms with Crippen LogP contribution in [0.5, 0.6) is 0 Å². The minimum atomic E-state index is -0.202. The van der Waals surface area contributed by atoms with Crippen molar-refractivity contribution in [1.29, 1.82) is 0 Å². The van der Waals surface area contributed by atoms with Crippen LogP contribution in [0, 0.1) is 0 Å². The van der Waals surface area contributed by atoms with Gasteiger partial charge in [-0.05, 0) is 30.5 Å². The number of amides is 1. The summed E-state index contributed by atoms with van der Waals surface area (Å²) >= 11 is 2.98. The van der Waals surface area contributed by atoms with Crippen LogP contribution in [-0.4, -0.2) is 26.4 Å². The number of hydrogen-bond acceptors (Lipinski definition) is 6. The Hall–Kier alpha value is -2.58. The lowest BCUT2D eigenvalue weighted by atomic mass is 10.2. The molecule has 1 unspecified atom stereocenters. The van der Waals surface area contributed by atoms with Crippen molar-refractivity contribution in [2.24, 2.45) is 7.05 Å². The molecule has 0 spiro atoms. The quantitative estimate of drug-likeness (QED) is 0.491. The summed E-state index contributed by atoms with van der Waals surface area (Å²) in [6.07, 6.45) is 0. The molecule has 8 heteroatoms. The number of carbonyl (C=O) groups excluding carboxylic acids is 1. The van der Waals surface area contributed by atoms with E-state index in [1.54, 1.807) is 11.3 Å². The van der Waals surface area contributed by atoms with Crippen molar-refractivity contribution < 1.29 is 9.21 Å². The lowest BCUT2D eigenvalue weighted by Gasteiger charge is -2.11. The number of thiophene rings is 1. The monoisotopic (exact) mass is 398 g/mol. The molecule has 1 N–H and O–H groups in total. The number of hydrogen-bond donors (Lipinski definition) is 1.